The minimum Gasteiger partial charge on any atom is -0.493 e. The number of methoxy groups -OCH3 is 1. The van der Waals surface area contributed by atoms with Crippen LogP contribution in [0, 0.1) is 0 Å². The van der Waals surface area contributed by atoms with Crippen molar-refractivity contribution in [3.63, 3.8) is 0 Å². The summed E-state index contributed by atoms with van der Waals surface area (Å²) in [6, 6.07) is 9.76. The Balaban J connectivity index is 1.74. The Bertz CT molecular complexity index is 720. The fourth-order valence-electron chi connectivity index (χ4n) is 2.49. The monoisotopic (exact) mass is 393 g/mol. The zero-order chi connectivity index (χ0) is 16.9. The fourth-order valence-corrected chi connectivity index (χ4v) is 2.95. The van der Waals surface area contributed by atoms with E-state index in [1.54, 1.807) is 7.11 Å². The van der Waals surface area contributed by atoms with E-state index in [1.807, 2.05) is 37.3 Å². The molecule has 0 saturated carbocycles. The molecule has 1 aliphatic rings. The van der Waals surface area contributed by atoms with Crippen LogP contribution in [0.2, 0.25) is 0 Å². The van der Waals surface area contributed by atoms with Crippen LogP contribution in [0.4, 0.5) is 5.69 Å². The summed E-state index contributed by atoms with van der Waals surface area (Å²) >= 11 is 3.59. The fraction of sp³-hybridized carbons (Fsp3) is 0.333. The Morgan fingerprint density at radius 3 is 2.62 bits per heavy atom. The van der Waals surface area contributed by atoms with Gasteiger partial charge in [0.1, 0.15) is 13.2 Å². The Hall–Kier alpha value is -2.08. The average Bonchev–Trinajstić information content (AvgIpc) is 2.61. The molecule has 0 aromatic heterocycles. The highest BCUT2D eigenvalue weighted by atomic mass is 79.9. The number of halogens is 1. The zero-order valence-corrected chi connectivity index (χ0v) is 15.3. The quantitative estimate of drug-likeness (QED) is 0.794. The summed E-state index contributed by atoms with van der Waals surface area (Å²) in [6.45, 7) is 4.36. The van der Waals surface area contributed by atoms with E-state index in [0.717, 1.165) is 38.7 Å². The molecule has 2 aromatic carbocycles. The second-order valence-electron chi connectivity index (χ2n) is 5.24. The van der Waals surface area contributed by atoms with Gasteiger partial charge in [0, 0.05) is 22.8 Å². The highest BCUT2D eigenvalue weighted by Gasteiger charge is 2.13. The zero-order valence-electron chi connectivity index (χ0n) is 13.7. The molecule has 128 valence electrons. The molecular weight excluding hydrogens is 374 g/mol. The first-order valence-electron chi connectivity index (χ1n) is 7.84. The molecule has 6 heteroatoms. The summed E-state index contributed by atoms with van der Waals surface area (Å²) in [4.78, 5) is 0. The van der Waals surface area contributed by atoms with E-state index in [2.05, 4.69) is 21.2 Å². The van der Waals surface area contributed by atoms with Crippen molar-refractivity contribution in [2.24, 2.45) is 0 Å². The van der Waals surface area contributed by atoms with Crippen LogP contribution >= 0.6 is 15.9 Å². The summed E-state index contributed by atoms with van der Waals surface area (Å²) in [6.07, 6.45) is 0. The van der Waals surface area contributed by atoms with Gasteiger partial charge in [-0.05, 0) is 36.8 Å². The van der Waals surface area contributed by atoms with Crippen LogP contribution < -0.4 is 24.3 Å². The van der Waals surface area contributed by atoms with Gasteiger partial charge in [-0.1, -0.05) is 15.9 Å². The topological polar surface area (TPSA) is 49.0 Å². The minimum absolute atomic E-state index is 0.581. The maximum absolute atomic E-state index is 5.61. The first-order valence-corrected chi connectivity index (χ1v) is 8.63. The Morgan fingerprint density at radius 2 is 1.88 bits per heavy atom. The molecule has 0 unspecified atom stereocenters. The maximum Gasteiger partial charge on any atom is 0.163 e. The number of anilines is 1. The van der Waals surface area contributed by atoms with Gasteiger partial charge in [0.25, 0.3) is 0 Å². The molecule has 3 rings (SSSR count). The van der Waals surface area contributed by atoms with Crippen molar-refractivity contribution in [1.29, 1.82) is 0 Å². The lowest BCUT2D eigenvalue weighted by molar-refractivity contribution is 0.171. The molecule has 0 spiro atoms. The van der Waals surface area contributed by atoms with Gasteiger partial charge < -0.3 is 24.3 Å². The molecule has 0 saturated heterocycles. The van der Waals surface area contributed by atoms with Crippen molar-refractivity contribution in [2.75, 3.05) is 32.2 Å². The SMILES string of the molecule is CCOc1cc(Br)c(CNc2ccc3c(c2)OCCO3)cc1OC. The highest BCUT2D eigenvalue weighted by Crippen LogP contribution is 2.35. The first kappa shape index (κ1) is 16.8. The molecule has 0 aliphatic carbocycles. The van der Waals surface area contributed by atoms with Crippen LogP contribution in [0.25, 0.3) is 0 Å². The number of nitrogens with one attached hydrogen (secondary N) is 1. The van der Waals surface area contributed by atoms with E-state index in [4.69, 9.17) is 18.9 Å². The van der Waals surface area contributed by atoms with Gasteiger partial charge in [0.15, 0.2) is 23.0 Å². The molecule has 1 N–H and O–H groups in total. The number of fused-ring (bicyclic) bond motifs is 1. The Kier molecular flexibility index (Phi) is 5.35. The second-order valence-corrected chi connectivity index (χ2v) is 6.09. The average molecular weight is 394 g/mol. The van der Waals surface area contributed by atoms with Crippen LogP contribution in [0.15, 0.2) is 34.8 Å². The first-order chi connectivity index (χ1) is 11.7. The molecule has 0 amide bonds. The summed E-state index contributed by atoms with van der Waals surface area (Å²) in [7, 11) is 1.64. The van der Waals surface area contributed by atoms with Gasteiger partial charge >= 0.3 is 0 Å². The van der Waals surface area contributed by atoms with Crippen molar-refractivity contribution in [2.45, 2.75) is 13.5 Å². The third-order valence-corrected chi connectivity index (χ3v) is 4.40. The number of rotatable bonds is 6. The van der Waals surface area contributed by atoms with E-state index >= 15 is 0 Å². The summed E-state index contributed by atoms with van der Waals surface area (Å²) in [5.74, 6) is 3.01. The van der Waals surface area contributed by atoms with Gasteiger partial charge in [-0.25, -0.2) is 0 Å². The predicted molar refractivity (Wildman–Crippen MR) is 96.6 cm³/mol. The number of ether oxygens (including phenoxy) is 4. The maximum atomic E-state index is 5.61. The van der Waals surface area contributed by atoms with E-state index in [0.29, 0.717) is 26.4 Å². The molecule has 1 aliphatic heterocycles. The van der Waals surface area contributed by atoms with Crippen LogP contribution in [0.5, 0.6) is 23.0 Å². The molecule has 2 aromatic rings. The number of hydrogen-bond acceptors (Lipinski definition) is 5. The molecular formula is C18H20BrNO4. The van der Waals surface area contributed by atoms with E-state index in [1.165, 1.54) is 0 Å². The van der Waals surface area contributed by atoms with Crippen molar-refractivity contribution >= 4 is 21.6 Å². The normalized spacial score (nSPS) is 12.6. The highest BCUT2D eigenvalue weighted by molar-refractivity contribution is 9.10. The van der Waals surface area contributed by atoms with Crippen LogP contribution in [0.3, 0.4) is 0 Å². The molecule has 0 fully saturated rings. The van der Waals surface area contributed by atoms with E-state index in [9.17, 15) is 0 Å². The van der Waals surface area contributed by atoms with Gasteiger partial charge in [0.05, 0.1) is 13.7 Å². The standard InChI is InChI=1S/C18H20BrNO4/c1-3-22-18-10-14(19)12(8-16(18)21-2)11-20-13-4-5-15-17(9-13)24-7-6-23-15/h4-5,8-10,20H,3,6-7,11H2,1-2H3. The molecule has 0 bridgehead atoms. The van der Waals surface area contributed by atoms with Crippen molar-refractivity contribution in [3.8, 4) is 23.0 Å². The summed E-state index contributed by atoms with van der Waals surface area (Å²) in [5, 5.41) is 3.39. The lowest BCUT2D eigenvalue weighted by atomic mass is 10.2. The van der Waals surface area contributed by atoms with Gasteiger partial charge in [-0.15, -0.1) is 0 Å². The predicted octanol–water partition coefficient (Wildman–Crippen LogP) is 4.24. The smallest absolute Gasteiger partial charge is 0.163 e. The van der Waals surface area contributed by atoms with Crippen molar-refractivity contribution in [1.82, 2.24) is 0 Å². The third-order valence-electron chi connectivity index (χ3n) is 3.66. The number of hydrogen-bond donors (Lipinski definition) is 1. The number of benzene rings is 2. The minimum atomic E-state index is 0.581. The van der Waals surface area contributed by atoms with E-state index < -0.39 is 0 Å². The molecule has 0 radical (unpaired) electrons. The third kappa shape index (κ3) is 3.70. The van der Waals surface area contributed by atoms with Crippen molar-refractivity contribution in [3.05, 3.63) is 40.4 Å². The van der Waals surface area contributed by atoms with Gasteiger partial charge in [0.2, 0.25) is 0 Å². The van der Waals surface area contributed by atoms with Crippen LogP contribution in [-0.4, -0.2) is 26.9 Å². The van der Waals surface area contributed by atoms with Gasteiger partial charge in [-0.2, -0.15) is 0 Å². The van der Waals surface area contributed by atoms with Crippen LogP contribution in [0.1, 0.15) is 12.5 Å². The molecule has 0 atom stereocenters. The second kappa shape index (κ2) is 7.66. The summed E-state index contributed by atoms with van der Waals surface area (Å²) in [5.41, 5.74) is 2.05. The van der Waals surface area contributed by atoms with Gasteiger partial charge in [-0.3, -0.25) is 0 Å². The molecule has 5 nitrogen and oxygen atoms in total. The Morgan fingerprint density at radius 1 is 1.08 bits per heavy atom. The molecule has 1 heterocycles. The van der Waals surface area contributed by atoms with Crippen LogP contribution in [-0.2, 0) is 6.54 Å². The van der Waals surface area contributed by atoms with E-state index in [-0.39, 0.29) is 0 Å². The lowest BCUT2D eigenvalue weighted by Gasteiger charge is -2.19. The molecule has 24 heavy (non-hydrogen) atoms. The lowest BCUT2D eigenvalue weighted by Crippen LogP contribution is -2.15. The largest absolute Gasteiger partial charge is 0.493 e. The van der Waals surface area contributed by atoms with Crippen molar-refractivity contribution < 1.29 is 18.9 Å². The summed E-state index contributed by atoms with van der Waals surface area (Å²) < 4.78 is 23.1. The Labute approximate surface area is 150 Å².